The zero-order chi connectivity index (χ0) is 21.7. The lowest BCUT2D eigenvalue weighted by atomic mass is 9.87. The van der Waals surface area contributed by atoms with Crippen molar-refractivity contribution in [1.29, 1.82) is 0 Å². The molecule has 152 valence electrons. The maximum absolute atomic E-state index is 12.4. The summed E-state index contributed by atoms with van der Waals surface area (Å²) in [6, 6.07) is 21.2. The van der Waals surface area contributed by atoms with Crippen molar-refractivity contribution in [1.82, 2.24) is 0 Å². The molecule has 3 nitrogen and oxygen atoms in total. The van der Waals surface area contributed by atoms with Crippen molar-refractivity contribution in [2.75, 3.05) is 0 Å². The fourth-order valence-corrected chi connectivity index (χ4v) is 2.93. The van der Waals surface area contributed by atoms with Crippen molar-refractivity contribution in [2.45, 2.75) is 26.2 Å². The second-order valence-corrected chi connectivity index (χ2v) is 8.43. The third kappa shape index (κ3) is 5.68. The summed E-state index contributed by atoms with van der Waals surface area (Å²) in [6.45, 7) is 6.37. The van der Waals surface area contributed by atoms with Crippen LogP contribution in [0.5, 0.6) is 5.75 Å². The normalized spacial score (nSPS) is 11.5. The van der Waals surface area contributed by atoms with Gasteiger partial charge in [0.1, 0.15) is 5.75 Å². The van der Waals surface area contributed by atoms with Gasteiger partial charge in [0.2, 0.25) is 0 Å². The van der Waals surface area contributed by atoms with Gasteiger partial charge in [0.25, 0.3) is 0 Å². The van der Waals surface area contributed by atoms with Gasteiger partial charge in [-0.2, -0.15) is 0 Å². The number of esters is 1. The first-order chi connectivity index (χ1) is 14.2. The van der Waals surface area contributed by atoms with Gasteiger partial charge in [-0.05, 0) is 71.1 Å². The molecule has 0 aliphatic heterocycles. The van der Waals surface area contributed by atoms with Crippen LogP contribution in [0.4, 0.5) is 0 Å². The van der Waals surface area contributed by atoms with Crippen LogP contribution in [-0.4, -0.2) is 11.8 Å². The van der Waals surface area contributed by atoms with Crippen LogP contribution in [0.25, 0.3) is 6.08 Å². The average Bonchev–Trinajstić information content (AvgIpc) is 2.73. The van der Waals surface area contributed by atoms with Crippen LogP contribution in [0, 0.1) is 0 Å². The van der Waals surface area contributed by atoms with E-state index in [4.69, 9.17) is 16.3 Å². The molecule has 0 bridgehead atoms. The summed E-state index contributed by atoms with van der Waals surface area (Å²) in [4.78, 5) is 24.6. The predicted molar refractivity (Wildman–Crippen MR) is 121 cm³/mol. The highest BCUT2D eigenvalue weighted by Crippen LogP contribution is 2.23. The summed E-state index contributed by atoms with van der Waals surface area (Å²) in [5.74, 6) is -0.0707. The lowest BCUT2D eigenvalue weighted by Gasteiger charge is -2.18. The molecule has 0 radical (unpaired) electrons. The minimum absolute atomic E-state index is 0.0285. The van der Waals surface area contributed by atoms with Crippen molar-refractivity contribution in [3.63, 3.8) is 0 Å². The number of allylic oxidation sites excluding steroid dienone is 1. The summed E-state index contributed by atoms with van der Waals surface area (Å²) in [7, 11) is 0. The first-order valence-electron chi connectivity index (χ1n) is 9.63. The molecule has 0 aromatic heterocycles. The van der Waals surface area contributed by atoms with Gasteiger partial charge in [0, 0.05) is 10.6 Å². The second-order valence-electron chi connectivity index (χ2n) is 7.99. The molecule has 0 amide bonds. The Balaban J connectivity index is 1.62. The summed E-state index contributed by atoms with van der Waals surface area (Å²) >= 11 is 5.84. The number of carbonyl (C=O) groups excluding carboxylic acids is 2. The highest BCUT2D eigenvalue weighted by Gasteiger charge is 2.15. The smallest absolute Gasteiger partial charge is 0.343 e. The lowest BCUT2D eigenvalue weighted by Crippen LogP contribution is -2.12. The first-order valence-corrected chi connectivity index (χ1v) is 10.0. The van der Waals surface area contributed by atoms with Crippen LogP contribution < -0.4 is 4.74 Å². The summed E-state index contributed by atoms with van der Waals surface area (Å²) in [5, 5.41) is 0.589. The Bertz CT molecular complexity index is 1060. The van der Waals surface area contributed by atoms with Crippen LogP contribution in [-0.2, 0) is 5.41 Å². The number of carbonyl (C=O) groups is 2. The zero-order valence-corrected chi connectivity index (χ0v) is 17.9. The van der Waals surface area contributed by atoms with E-state index in [1.54, 1.807) is 66.7 Å². The Hall–Kier alpha value is -3.17. The highest BCUT2D eigenvalue weighted by molar-refractivity contribution is 6.30. The lowest BCUT2D eigenvalue weighted by molar-refractivity contribution is 0.0734. The minimum atomic E-state index is -0.406. The Morgan fingerprint density at radius 3 is 1.93 bits per heavy atom. The monoisotopic (exact) mass is 418 g/mol. The molecule has 3 aromatic rings. The molecular formula is C26H23ClO3. The highest BCUT2D eigenvalue weighted by atomic mass is 35.5. The van der Waals surface area contributed by atoms with Crippen molar-refractivity contribution in [3.05, 3.63) is 106 Å². The minimum Gasteiger partial charge on any atom is -0.423 e. The molecule has 3 aromatic carbocycles. The number of rotatable bonds is 5. The molecule has 0 aliphatic carbocycles. The molecule has 0 spiro atoms. The Morgan fingerprint density at radius 2 is 1.37 bits per heavy atom. The van der Waals surface area contributed by atoms with E-state index < -0.39 is 5.97 Å². The summed E-state index contributed by atoms with van der Waals surface area (Å²) in [5.41, 5.74) is 3.08. The van der Waals surface area contributed by atoms with Gasteiger partial charge in [-0.3, -0.25) is 4.79 Å². The van der Waals surface area contributed by atoms with Crippen molar-refractivity contribution < 1.29 is 14.3 Å². The van der Waals surface area contributed by atoms with E-state index in [-0.39, 0.29) is 11.2 Å². The standard InChI is InChI=1S/C26H23ClO3/c1-26(2,3)21-11-7-20(8-12-21)25(29)30-23-15-4-18(5-16-23)6-17-24(28)19-9-13-22(27)14-10-19/h4-17H,1-3H3/b17-6+. The molecule has 0 saturated heterocycles. The number of ketones is 1. The topological polar surface area (TPSA) is 43.4 Å². The van der Waals surface area contributed by atoms with Gasteiger partial charge < -0.3 is 4.74 Å². The number of halogens is 1. The second kappa shape index (κ2) is 9.10. The van der Waals surface area contributed by atoms with Crippen molar-refractivity contribution in [3.8, 4) is 5.75 Å². The average molecular weight is 419 g/mol. The number of hydrogen-bond acceptors (Lipinski definition) is 3. The zero-order valence-electron chi connectivity index (χ0n) is 17.2. The number of hydrogen-bond donors (Lipinski definition) is 0. The van der Waals surface area contributed by atoms with Gasteiger partial charge in [-0.1, -0.05) is 62.7 Å². The predicted octanol–water partition coefficient (Wildman–Crippen LogP) is 6.75. The molecule has 0 aliphatic rings. The van der Waals surface area contributed by atoms with Gasteiger partial charge >= 0.3 is 5.97 Å². The van der Waals surface area contributed by atoms with Crippen LogP contribution in [0.15, 0.2) is 78.9 Å². The van der Waals surface area contributed by atoms with Crippen molar-refractivity contribution >= 4 is 29.4 Å². The van der Waals surface area contributed by atoms with Gasteiger partial charge in [0.15, 0.2) is 5.78 Å². The van der Waals surface area contributed by atoms with Crippen LogP contribution >= 0.6 is 11.6 Å². The van der Waals surface area contributed by atoms with Crippen LogP contribution in [0.1, 0.15) is 52.6 Å². The van der Waals surface area contributed by atoms with Crippen LogP contribution in [0.2, 0.25) is 5.02 Å². The Kier molecular flexibility index (Phi) is 6.53. The Morgan fingerprint density at radius 1 is 0.800 bits per heavy atom. The largest absolute Gasteiger partial charge is 0.423 e. The fourth-order valence-electron chi connectivity index (χ4n) is 2.80. The molecule has 30 heavy (non-hydrogen) atoms. The third-order valence-corrected chi connectivity index (χ3v) is 4.89. The van der Waals surface area contributed by atoms with E-state index >= 15 is 0 Å². The Labute approximate surface area is 182 Å². The van der Waals surface area contributed by atoms with Gasteiger partial charge in [-0.15, -0.1) is 0 Å². The van der Waals surface area contributed by atoms with E-state index in [9.17, 15) is 9.59 Å². The fraction of sp³-hybridized carbons (Fsp3) is 0.154. The molecular weight excluding hydrogens is 396 g/mol. The molecule has 0 heterocycles. The molecule has 0 fully saturated rings. The van der Waals surface area contributed by atoms with E-state index in [0.717, 1.165) is 11.1 Å². The first kappa shape index (κ1) is 21.5. The molecule has 4 heteroatoms. The van der Waals surface area contributed by atoms with E-state index in [1.807, 2.05) is 12.1 Å². The maximum Gasteiger partial charge on any atom is 0.343 e. The summed E-state index contributed by atoms with van der Waals surface area (Å²) in [6.07, 6.45) is 3.22. The number of benzene rings is 3. The molecule has 3 rings (SSSR count). The van der Waals surface area contributed by atoms with Gasteiger partial charge in [-0.25, -0.2) is 4.79 Å². The molecule has 0 atom stereocenters. The van der Waals surface area contributed by atoms with E-state index in [2.05, 4.69) is 20.8 Å². The van der Waals surface area contributed by atoms with Crippen molar-refractivity contribution in [2.24, 2.45) is 0 Å². The van der Waals surface area contributed by atoms with Gasteiger partial charge in [0.05, 0.1) is 5.56 Å². The maximum atomic E-state index is 12.4. The quantitative estimate of drug-likeness (QED) is 0.199. The molecule has 0 N–H and O–H groups in total. The van der Waals surface area contributed by atoms with E-state index in [0.29, 0.717) is 21.9 Å². The summed E-state index contributed by atoms with van der Waals surface area (Å²) < 4.78 is 5.44. The molecule has 0 unspecified atom stereocenters. The SMILES string of the molecule is CC(C)(C)c1ccc(C(=O)Oc2ccc(/C=C/C(=O)c3ccc(Cl)cc3)cc2)cc1. The van der Waals surface area contributed by atoms with E-state index in [1.165, 1.54) is 6.08 Å². The number of ether oxygens (including phenoxy) is 1. The third-order valence-electron chi connectivity index (χ3n) is 4.63. The molecule has 0 saturated carbocycles. The van der Waals surface area contributed by atoms with Crippen LogP contribution in [0.3, 0.4) is 0 Å².